The topological polar surface area (TPSA) is 78.9 Å². The van der Waals surface area contributed by atoms with E-state index in [1.807, 2.05) is 0 Å². The summed E-state index contributed by atoms with van der Waals surface area (Å²) in [6.45, 7) is 2.64. The maximum Gasteiger partial charge on any atom is 0.325 e. The van der Waals surface area contributed by atoms with E-state index in [0.29, 0.717) is 30.9 Å². The lowest BCUT2D eigenvalue weighted by Gasteiger charge is -2.28. The van der Waals surface area contributed by atoms with Gasteiger partial charge in [0.15, 0.2) is 0 Å². The van der Waals surface area contributed by atoms with Crippen LogP contribution in [0.1, 0.15) is 19.8 Å². The summed E-state index contributed by atoms with van der Waals surface area (Å²) in [6, 6.07) is -0.307. The third kappa shape index (κ3) is 1.98. The van der Waals surface area contributed by atoms with Gasteiger partial charge in [0.25, 0.3) is 0 Å². The molecule has 1 saturated heterocycles. The Balaban J connectivity index is 1.58. The Labute approximate surface area is 112 Å². The molecule has 5 atom stereocenters. The van der Waals surface area contributed by atoms with Crippen molar-refractivity contribution in [2.75, 3.05) is 19.7 Å². The van der Waals surface area contributed by atoms with Crippen molar-refractivity contribution in [2.45, 2.75) is 31.9 Å². The number of carbonyl (C=O) groups excluding carboxylic acids is 2. The number of nitrogens with one attached hydrogen (secondary N) is 1. The fourth-order valence-corrected chi connectivity index (χ4v) is 4.11. The standard InChI is InChI=1S/C13H20N2O4/c1-2-19-10(16)5-14-13(18)15-6-8-3-7-4-9(8)11(15)12(7)17/h7-9,11-12,17H,2-6H2,1H3,(H,14,18). The zero-order valence-electron chi connectivity index (χ0n) is 11.0. The Morgan fingerprint density at radius 1 is 1.37 bits per heavy atom. The van der Waals surface area contributed by atoms with Crippen molar-refractivity contribution in [2.24, 2.45) is 17.8 Å². The van der Waals surface area contributed by atoms with Gasteiger partial charge in [-0.15, -0.1) is 0 Å². The minimum Gasteiger partial charge on any atom is -0.465 e. The van der Waals surface area contributed by atoms with E-state index in [9.17, 15) is 14.7 Å². The van der Waals surface area contributed by atoms with E-state index < -0.39 is 12.1 Å². The van der Waals surface area contributed by atoms with Gasteiger partial charge in [-0.25, -0.2) is 4.79 Å². The van der Waals surface area contributed by atoms with Crippen molar-refractivity contribution in [1.29, 1.82) is 0 Å². The van der Waals surface area contributed by atoms with E-state index in [0.717, 1.165) is 12.8 Å². The maximum absolute atomic E-state index is 12.1. The summed E-state index contributed by atoms with van der Waals surface area (Å²) in [6.07, 6.45) is 1.68. The van der Waals surface area contributed by atoms with Crippen molar-refractivity contribution in [3.63, 3.8) is 0 Å². The molecule has 1 aliphatic heterocycles. The number of carbonyl (C=O) groups is 2. The quantitative estimate of drug-likeness (QED) is 0.704. The SMILES string of the molecule is CCOC(=O)CNC(=O)N1CC2CC3CC2C1C3O. The monoisotopic (exact) mass is 268 g/mol. The Morgan fingerprint density at radius 2 is 2.16 bits per heavy atom. The highest BCUT2D eigenvalue weighted by Gasteiger charge is 2.59. The van der Waals surface area contributed by atoms with Gasteiger partial charge in [-0.2, -0.15) is 0 Å². The first-order valence-corrected chi connectivity index (χ1v) is 7.00. The number of fused-ring (bicyclic) bond motifs is 1. The van der Waals surface area contributed by atoms with Crippen LogP contribution in [-0.2, 0) is 9.53 Å². The molecule has 6 nitrogen and oxygen atoms in total. The fourth-order valence-electron chi connectivity index (χ4n) is 4.11. The number of likely N-dealkylation sites (tertiary alicyclic amines) is 1. The normalized spacial score (nSPS) is 38.6. The average Bonchev–Trinajstić information content (AvgIpc) is 2.97. The Hall–Kier alpha value is -1.30. The number of urea groups is 1. The highest BCUT2D eigenvalue weighted by Crippen LogP contribution is 2.54. The van der Waals surface area contributed by atoms with Gasteiger partial charge in [0, 0.05) is 6.54 Å². The molecular weight excluding hydrogens is 248 g/mol. The number of ether oxygens (including phenoxy) is 1. The summed E-state index contributed by atoms with van der Waals surface area (Å²) in [5, 5.41) is 12.8. The lowest BCUT2D eigenvalue weighted by Crippen LogP contribution is -2.49. The van der Waals surface area contributed by atoms with Crippen LogP contribution in [-0.4, -0.2) is 53.8 Å². The van der Waals surface area contributed by atoms with Gasteiger partial charge in [0.2, 0.25) is 0 Å². The zero-order valence-corrected chi connectivity index (χ0v) is 11.0. The molecule has 3 aliphatic rings. The van der Waals surface area contributed by atoms with E-state index in [1.165, 1.54) is 0 Å². The summed E-state index contributed by atoms with van der Waals surface area (Å²) in [5.41, 5.74) is 0. The second-order valence-corrected chi connectivity index (χ2v) is 5.75. The van der Waals surface area contributed by atoms with E-state index in [2.05, 4.69) is 5.32 Å². The number of nitrogens with zero attached hydrogens (tertiary/aromatic N) is 1. The van der Waals surface area contributed by atoms with Gasteiger partial charge in [0.1, 0.15) is 6.54 Å². The molecule has 2 bridgehead atoms. The van der Waals surface area contributed by atoms with Crippen LogP contribution >= 0.6 is 0 Å². The first-order valence-electron chi connectivity index (χ1n) is 7.00. The number of aliphatic hydroxyl groups excluding tert-OH is 1. The Kier molecular flexibility index (Phi) is 3.12. The largest absolute Gasteiger partial charge is 0.465 e. The molecule has 0 spiro atoms. The molecule has 5 unspecified atom stereocenters. The lowest BCUT2D eigenvalue weighted by atomic mass is 9.88. The van der Waals surface area contributed by atoms with Crippen molar-refractivity contribution in [1.82, 2.24) is 10.2 Å². The summed E-state index contributed by atoms with van der Waals surface area (Å²) < 4.78 is 4.77. The van der Waals surface area contributed by atoms with Crippen LogP contribution in [0, 0.1) is 17.8 Å². The molecule has 2 amide bonds. The van der Waals surface area contributed by atoms with Crippen molar-refractivity contribution < 1.29 is 19.4 Å². The van der Waals surface area contributed by atoms with Crippen LogP contribution in [0.15, 0.2) is 0 Å². The molecule has 6 heteroatoms. The summed E-state index contributed by atoms with van der Waals surface area (Å²) in [5.74, 6) is 0.922. The Bertz CT molecular complexity index is 398. The fraction of sp³-hybridized carbons (Fsp3) is 0.846. The van der Waals surface area contributed by atoms with Crippen molar-refractivity contribution in [3.05, 3.63) is 0 Å². The molecule has 0 radical (unpaired) electrons. The number of rotatable bonds is 3. The third-order valence-corrected chi connectivity index (χ3v) is 4.80. The highest BCUT2D eigenvalue weighted by atomic mass is 16.5. The van der Waals surface area contributed by atoms with Crippen LogP contribution < -0.4 is 5.32 Å². The van der Waals surface area contributed by atoms with E-state index >= 15 is 0 Å². The molecule has 1 heterocycles. The van der Waals surface area contributed by atoms with Gasteiger partial charge in [-0.1, -0.05) is 0 Å². The molecule has 0 aromatic rings. The van der Waals surface area contributed by atoms with Crippen LogP contribution in [0.25, 0.3) is 0 Å². The van der Waals surface area contributed by atoms with E-state index in [-0.39, 0.29) is 18.6 Å². The van der Waals surface area contributed by atoms with Gasteiger partial charge in [-0.05, 0) is 37.5 Å². The molecule has 19 heavy (non-hydrogen) atoms. The van der Waals surface area contributed by atoms with Crippen LogP contribution in [0.2, 0.25) is 0 Å². The molecule has 2 aliphatic carbocycles. The van der Waals surface area contributed by atoms with E-state index in [4.69, 9.17) is 4.74 Å². The molecule has 3 fully saturated rings. The second kappa shape index (κ2) is 4.67. The van der Waals surface area contributed by atoms with Gasteiger partial charge >= 0.3 is 12.0 Å². The summed E-state index contributed by atoms with van der Waals surface area (Å²) in [4.78, 5) is 25.0. The minimum atomic E-state index is -0.428. The first-order chi connectivity index (χ1) is 9.11. The average molecular weight is 268 g/mol. The molecule has 2 saturated carbocycles. The minimum absolute atomic E-state index is 0.0501. The lowest BCUT2D eigenvalue weighted by molar-refractivity contribution is -0.141. The summed E-state index contributed by atoms with van der Waals surface area (Å²) >= 11 is 0. The zero-order chi connectivity index (χ0) is 13.6. The molecule has 106 valence electrons. The number of aliphatic hydroxyl groups is 1. The second-order valence-electron chi connectivity index (χ2n) is 5.75. The number of amides is 2. The van der Waals surface area contributed by atoms with Gasteiger partial charge in [-0.3, -0.25) is 4.79 Å². The predicted molar refractivity (Wildman–Crippen MR) is 66.2 cm³/mol. The highest BCUT2D eigenvalue weighted by molar-refractivity contribution is 5.81. The molecule has 0 aromatic carbocycles. The molecule has 0 aromatic heterocycles. The van der Waals surface area contributed by atoms with Crippen molar-refractivity contribution >= 4 is 12.0 Å². The number of hydrogen-bond acceptors (Lipinski definition) is 4. The third-order valence-electron chi connectivity index (χ3n) is 4.80. The molecule has 2 N–H and O–H groups in total. The van der Waals surface area contributed by atoms with Crippen molar-refractivity contribution in [3.8, 4) is 0 Å². The van der Waals surface area contributed by atoms with Crippen LogP contribution in [0.5, 0.6) is 0 Å². The van der Waals surface area contributed by atoms with Crippen LogP contribution in [0.3, 0.4) is 0 Å². The Morgan fingerprint density at radius 3 is 2.84 bits per heavy atom. The van der Waals surface area contributed by atoms with Gasteiger partial charge in [0.05, 0.1) is 18.8 Å². The van der Waals surface area contributed by atoms with Gasteiger partial charge < -0.3 is 20.1 Å². The molecule has 3 rings (SSSR count). The van der Waals surface area contributed by atoms with E-state index in [1.54, 1.807) is 11.8 Å². The smallest absolute Gasteiger partial charge is 0.325 e. The van der Waals surface area contributed by atoms with Crippen LogP contribution in [0.4, 0.5) is 4.79 Å². The number of esters is 1. The molecular formula is C13H20N2O4. The maximum atomic E-state index is 12.1. The number of hydrogen-bond donors (Lipinski definition) is 2. The summed E-state index contributed by atoms with van der Waals surface area (Å²) in [7, 11) is 0. The predicted octanol–water partition coefficient (Wildman–Crippen LogP) is -0.0398. The first kappa shape index (κ1) is 12.7.